The molecule has 0 saturated heterocycles. The molecule has 0 spiro atoms. The first-order valence-electron chi connectivity index (χ1n) is 6.87. The van der Waals surface area contributed by atoms with Crippen LogP contribution < -0.4 is 0 Å². The molecule has 3 aromatic rings. The number of imidazole rings is 1. The number of aromatic nitrogens is 2. The molecule has 0 bridgehead atoms. The van der Waals surface area contributed by atoms with Gasteiger partial charge in [0.15, 0.2) is 0 Å². The molecule has 1 aromatic heterocycles. The fourth-order valence-electron chi connectivity index (χ4n) is 2.39. The second-order valence-electron chi connectivity index (χ2n) is 5.13. The van der Waals surface area contributed by atoms with Crippen LogP contribution in [0.4, 0.5) is 0 Å². The molecule has 2 nitrogen and oxygen atoms in total. The van der Waals surface area contributed by atoms with Gasteiger partial charge in [0.05, 0.1) is 11.9 Å². The number of nitrogens with zero attached hydrogens (tertiary/aromatic N) is 2. The number of hydrogen-bond donors (Lipinski definition) is 0. The Morgan fingerprint density at radius 3 is 2.30 bits per heavy atom. The summed E-state index contributed by atoms with van der Waals surface area (Å²) in [5, 5.41) is 0. The molecular formula is C18H18N2. The van der Waals surface area contributed by atoms with E-state index in [0.717, 1.165) is 12.4 Å². The average molecular weight is 262 g/mol. The van der Waals surface area contributed by atoms with E-state index in [1.54, 1.807) is 0 Å². The van der Waals surface area contributed by atoms with Crippen molar-refractivity contribution in [2.75, 3.05) is 0 Å². The van der Waals surface area contributed by atoms with E-state index in [9.17, 15) is 0 Å². The molecule has 1 heterocycles. The van der Waals surface area contributed by atoms with Crippen molar-refractivity contribution in [2.24, 2.45) is 0 Å². The smallest absolute Gasteiger partial charge is 0.106 e. The lowest BCUT2D eigenvalue weighted by Gasteiger charge is -2.11. The largest absolute Gasteiger partial charge is 0.324 e. The zero-order valence-electron chi connectivity index (χ0n) is 11.9. The topological polar surface area (TPSA) is 17.8 Å². The molecule has 0 atom stereocenters. The second-order valence-corrected chi connectivity index (χ2v) is 5.13. The molecule has 2 heteroatoms. The maximum atomic E-state index is 4.47. The van der Waals surface area contributed by atoms with Gasteiger partial charge in [-0.05, 0) is 25.0 Å². The Morgan fingerprint density at radius 2 is 1.60 bits per heavy atom. The molecule has 100 valence electrons. The molecule has 0 amide bonds. The molecule has 0 N–H and O–H groups in total. The first kappa shape index (κ1) is 12.7. The van der Waals surface area contributed by atoms with Crippen LogP contribution in [0.15, 0.2) is 60.8 Å². The minimum atomic E-state index is 0.857. The van der Waals surface area contributed by atoms with Crippen LogP contribution in [0.3, 0.4) is 0 Å². The standard InChI is InChI=1S/C18H18N2/c1-14-8-10-17(11-9-14)18-12-19-15(2)20(18)13-16-6-4-3-5-7-16/h3-12H,13H2,1-2H3. The molecule has 0 aliphatic heterocycles. The summed E-state index contributed by atoms with van der Waals surface area (Å²) in [6.07, 6.45) is 1.96. The number of aryl methyl sites for hydroxylation is 2. The molecule has 0 radical (unpaired) electrons. The number of benzene rings is 2. The van der Waals surface area contributed by atoms with Crippen LogP contribution in [0.25, 0.3) is 11.3 Å². The third kappa shape index (κ3) is 2.50. The molecule has 0 fully saturated rings. The summed E-state index contributed by atoms with van der Waals surface area (Å²) >= 11 is 0. The minimum absolute atomic E-state index is 0.857. The van der Waals surface area contributed by atoms with E-state index in [0.29, 0.717) is 0 Å². The maximum absolute atomic E-state index is 4.47. The van der Waals surface area contributed by atoms with E-state index in [-0.39, 0.29) is 0 Å². The van der Waals surface area contributed by atoms with Crippen molar-refractivity contribution in [1.29, 1.82) is 0 Å². The van der Waals surface area contributed by atoms with Gasteiger partial charge in [-0.15, -0.1) is 0 Å². The van der Waals surface area contributed by atoms with E-state index in [1.165, 1.54) is 22.4 Å². The SMILES string of the molecule is Cc1ccc(-c2cnc(C)n2Cc2ccccc2)cc1. The van der Waals surface area contributed by atoms with Crippen LogP contribution in [0, 0.1) is 13.8 Å². The summed E-state index contributed by atoms with van der Waals surface area (Å²) < 4.78 is 2.26. The Bertz CT molecular complexity index is 694. The van der Waals surface area contributed by atoms with Crippen molar-refractivity contribution >= 4 is 0 Å². The van der Waals surface area contributed by atoms with Gasteiger partial charge in [0.2, 0.25) is 0 Å². The Hall–Kier alpha value is -2.35. The van der Waals surface area contributed by atoms with Crippen molar-refractivity contribution in [3.63, 3.8) is 0 Å². The van der Waals surface area contributed by atoms with Crippen molar-refractivity contribution in [3.05, 3.63) is 77.7 Å². The summed E-state index contributed by atoms with van der Waals surface area (Å²) in [7, 11) is 0. The van der Waals surface area contributed by atoms with Crippen LogP contribution >= 0.6 is 0 Å². The first-order chi connectivity index (χ1) is 9.74. The quantitative estimate of drug-likeness (QED) is 0.691. The molecule has 0 saturated carbocycles. The van der Waals surface area contributed by atoms with Gasteiger partial charge in [0.1, 0.15) is 5.82 Å². The summed E-state index contributed by atoms with van der Waals surface area (Å²) in [6.45, 7) is 5.02. The van der Waals surface area contributed by atoms with Gasteiger partial charge in [-0.2, -0.15) is 0 Å². The highest BCUT2D eigenvalue weighted by atomic mass is 15.1. The van der Waals surface area contributed by atoms with Crippen LogP contribution in [-0.2, 0) is 6.54 Å². The third-order valence-corrected chi connectivity index (χ3v) is 3.59. The van der Waals surface area contributed by atoms with Gasteiger partial charge in [-0.25, -0.2) is 4.98 Å². The third-order valence-electron chi connectivity index (χ3n) is 3.59. The van der Waals surface area contributed by atoms with Gasteiger partial charge in [-0.1, -0.05) is 60.2 Å². The number of rotatable bonds is 3. The fourth-order valence-corrected chi connectivity index (χ4v) is 2.39. The van der Waals surface area contributed by atoms with E-state index in [4.69, 9.17) is 0 Å². The van der Waals surface area contributed by atoms with E-state index >= 15 is 0 Å². The Morgan fingerprint density at radius 1 is 0.900 bits per heavy atom. The van der Waals surface area contributed by atoms with Crippen molar-refractivity contribution in [1.82, 2.24) is 9.55 Å². The lowest BCUT2D eigenvalue weighted by Crippen LogP contribution is -2.03. The molecular weight excluding hydrogens is 244 g/mol. The molecule has 20 heavy (non-hydrogen) atoms. The lowest BCUT2D eigenvalue weighted by molar-refractivity contribution is 0.768. The zero-order chi connectivity index (χ0) is 13.9. The summed E-state index contributed by atoms with van der Waals surface area (Å²) in [5.74, 6) is 1.05. The molecule has 2 aromatic carbocycles. The van der Waals surface area contributed by atoms with E-state index < -0.39 is 0 Å². The molecule has 0 unspecified atom stereocenters. The highest BCUT2D eigenvalue weighted by molar-refractivity contribution is 5.60. The van der Waals surface area contributed by atoms with Gasteiger partial charge in [0.25, 0.3) is 0 Å². The molecule has 3 rings (SSSR count). The van der Waals surface area contributed by atoms with E-state index in [2.05, 4.69) is 71.9 Å². The lowest BCUT2D eigenvalue weighted by atomic mass is 10.1. The fraction of sp³-hybridized carbons (Fsp3) is 0.167. The van der Waals surface area contributed by atoms with Crippen molar-refractivity contribution in [3.8, 4) is 11.3 Å². The molecule has 0 aliphatic carbocycles. The van der Waals surface area contributed by atoms with Crippen molar-refractivity contribution in [2.45, 2.75) is 20.4 Å². The van der Waals surface area contributed by atoms with Gasteiger partial charge < -0.3 is 4.57 Å². The van der Waals surface area contributed by atoms with Gasteiger partial charge in [-0.3, -0.25) is 0 Å². The first-order valence-corrected chi connectivity index (χ1v) is 6.87. The predicted octanol–water partition coefficient (Wildman–Crippen LogP) is 4.22. The maximum Gasteiger partial charge on any atom is 0.106 e. The van der Waals surface area contributed by atoms with Crippen LogP contribution in [0.2, 0.25) is 0 Å². The Labute approximate surface area is 119 Å². The van der Waals surface area contributed by atoms with Crippen LogP contribution in [-0.4, -0.2) is 9.55 Å². The van der Waals surface area contributed by atoms with Gasteiger partial charge in [0, 0.05) is 6.54 Å². The highest BCUT2D eigenvalue weighted by Gasteiger charge is 2.09. The van der Waals surface area contributed by atoms with Crippen LogP contribution in [0.5, 0.6) is 0 Å². The predicted molar refractivity (Wildman–Crippen MR) is 82.7 cm³/mol. The van der Waals surface area contributed by atoms with Crippen LogP contribution in [0.1, 0.15) is 17.0 Å². The monoisotopic (exact) mass is 262 g/mol. The normalized spacial score (nSPS) is 10.7. The minimum Gasteiger partial charge on any atom is -0.324 e. The molecule has 0 aliphatic rings. The second kappa shape index (κ2) is 5.33. The Kier molecular flexibility index (Phi) is 3.38. The average Bonchev–Trinajstić information content (AvgIpc) is 2.83. The van der Waals surface area contributed by atoms with Gasteiger partial charge >= 0.3 is 0 Å². The summed E-state index contributed by atoms with van der Waals surface area (Å²) in [4.78, 5) is 4.47. The van der Waals surface area contributed by atoms with Crippen molar-refractivity contribution < 1.29 is 0 Å². The zero-order valence-corrected chi connectivity index (χ0v) is 11.9. The Balaban J connectivity index is 1.99. The van der Waals surface area contributed by atoms with E-state index in [1.807, 2.05) is 12.3 Å². The highest BCUT2D eigenvalue weighted by Crippen LogP contribution is 2.22. The number of hydrogen-bond acceptors (Lipinski definition) is 1. The summed E-state index contributed by atoms with van der Waals surface area (Å²) in [6, 6.07) is 19.1. The summed E-state index contributed by atoms with van der Waals surface area (Å²) in [5.41, 5.74) is 4.96.